The van der Waals surface area contributed by atoms with Gasteiger partial charge in [-0.2, -0.15) is 5.10 Å². The lowest BCUT2D eigenvalue weighted by atomic mass is 9.92. The number of carbonyl (C=O) groups excluding carboxylic acids is 1. The van der Waals surface area contributed by atoms with Gasteiger partial charge in [0, 0.05) is 18.0 Å². The lowest BCUT2D eigenvalue weighted by molar-refractivity contribution is 0.251. The van der Waals surface area contributed by atoms with Gasteiger partial charge in [-0.05, 0) is 27.2 Å². The first-order valence-electron chi connectivity index (χ1n) is 7.21. The molecule has 0 saturated heterocycles. The van der Waals surface area contributed by atoms with E-state index < -0.39 is 0 Å². The molecule has 2 N–H and O–H groups in total. The number of nitrogens with zero attached hydrogens (tertiary/aromatic N) is 2. The van der Waals surface area contributed by atoms with E-state index in [0.29, 0.717) is 6.54 Å². The van der Waals surface area contributed by atoms with Gasteiger partial charge in [-0.15, -0.1) is 0 Å². The summed E-state index contributed by atoms with van der Waals surface area (Å²) in [5, 5.41) is 10.4. The number of aromatic nitrogens is 2. The van der Waals surface area contributed by atoms with E-state index in [0.717, 1.165) is 17.9 Å². The molecule has 1 rings (SSSR count). The van der Waals surface area contributed by atoms with Crippen molar-refractivity contribution in [2.75, 3.05) is 11.9 Å². The van der Waals surface area contributed by atoms with Crippen LogP contribution in [0.4, 0.5) is 10.6 Å². The minimum Gasteiger partial charge on any atom is -0.338 e. The summed E-state index contributed by atoms with van der Waals surface area (Å²) in [6, 6.07) is 1.77. The minimum absolute atomic E-state index is 0.0488. The van der Waals surface area contributed by atoms with Gasteiger partial charge in [0.25, 0.3) is 0 Å². The van der Waals surface area contributed by atoms with Crippen molar-refractivity contribution in [3.63, 3.8) is 0 Å². The van der Waals surface area contributed by atoms with Crippen LogP contribution in [0.2, 0.25) is 0 Å². The number of urea groups is 1. The molecule has 0 aliphatic heterocycles. The van der Waals surface area contributed by atoms with Crippen LogP contribution in [0, 0.1) is 0 Å². The van der Waals surface area contributed by atoms with Crippen molar-refractivity contribution in [1.82, 2.24) is 15.1 Å². The van der Waals surface area contributed by atoms with E-state index in [9.17, 15) is 4.79 Å². The maximum atomic E-state index is 11.8. The summed E-state index contributed by atoms with van der Waals surface area (Å²) >= 11 is 0. The van der Waals surface area contributed by atoms with Gasteiger partial charge in [0.15, 0.2) is 0 Å². The van der Waals surface area contributed by atoms with Gasteiger partial charge < -0.3 is 5.32 Å². The van der Waals surface area contributed by atoms with E-state index in [1.165, 1.54) is 0 Å². The maximum absolute atomic E-state index is 11.8. The van der Waals surface area contributed by atoms with Crippen LogP contribution in [-0.2, 0) is 11.0 Å². The highest BCUT2D eigenvalue weighted by molar-refractivity contribution is 5.88. The first kappa shape index (κ1) is 16.5. The van der Waals surface area contributed by atoms with Crippen LogP contribution in [0.5, 0.6) is 0 Å². The Morgan fingerprint density at radius 1 is 1.25 bits per heavy atom. The van der Waals surface area contributed by atoms with Crippen molar-refractivity contribution in [2.24, 2.45) is 0 Å². The SMILES string of the molecule is CCCNC(=O)Nc1cc(C(C)(C)C)nn1C(C)(C)C. The van der Waals surface area contributed by atoms with Crippen LogP contribution >= 0.6 is 0 Å². The number of carbonyl (C=O) groups is 1. The number of hydrogen-bond acceptors (Lipinski definition) is 2. The molecule has 0 bridgehead atoms. The minimum atomic E-state index is -0.184. The molecule has 1 heterocycles. The fourth-order valence-electron chi connectivity index (χ4n) is 1.75. The summed E-state index contributed by atoms with van der Waals surface area (Å²) in [6.45, 7) is 15.2. The fourth-order valence-corrected chi connectivity index (χ4v) is 1.75. The molecule has 5 nitrogen and oxygen atoms in total. The average Bonchev–Trinajstić information content (AvgIpc) is 2.69. The lowest BCUT2D eigenvalue weighted by Crippen LogP contribution is -2.32. The van der Waals surface area contributed by atoms with E-state index in [2.05, 4.69) is 57.3 Å². The van der Waals surface area contributed by atoms with Gasteiger partial charge in [-0.25, -0.2) is 9.48 Å². The Kier molecular flexibility index (Phi) is 4.84. The monoisotopic (exact) mass is 280 g/mol. The Bertz CT molecular complexity index is 463. The highest BCUT2D eigenvalue weighted by Crippen LogP contribution is 2.28. The van der Waals surface area contributed by atoms with Crippen LogP contribution in [-0.4, -0.2) is 22.4 Å². The van der Waals surface area contributed by atoms with E-state index >= 15 is 0 Å². The summed E-state index contributed by atoms with van der Waals surface area (Å²) in [7, 11) is 0. The summed E-state index contributed by atoms with van der Waals surface area (Å²) in [4.78, 5) is 11.8. The zero-order valence-electron chi connectivity index (χ0n) is 13.8. The molecule has 0 atom stereocenters. The second-order valence-corrected chi connectivity index (χ2v) is 7.13. The largest absolute Gasteiger partial charge is 0.338 e. The van der Waals surface area contributed by atoms with E-state index in [1.54, 1.807) is 0 Å². The van der Waals surface area contributed by atoms with Crippen molar-refractivity contribution < 1.29 is 4.79 Å². The molecule has 2 amide bonds. The Morgan fingerprint density at radius 3 is 2.30 bits per heavy atom. The molecule has 0 unspecified atom stereocenters. The highest BCUT2D eigenvalue weighted by Gasteiger charge is 2.25. The summed E-state index contributed by atoms with van der Waals surface area (Å²) in [5.74, 6) is 0.732. The normalized spacial score (nSPS) is 12.3. The lowest BCUT2D eigenvalue weighted by Gasteiger charge is -2.23. The molecule has 0 aliphatic rings. The van der Waals surface area contributed by atoms with Gasteiger partial charge in [0.05, 0.1) is 11.2 Å². The predicted octanol–water partition coefficient (Wildman–Crippen LogP) is 3.47. The van der Waals surface area contributed by atoms with Gasteiger partial charge in [-0.1, -0.05) is 27.7 Å². The summed E-state index contributed by atoms with van der Waals surface area (Å²) in [6.07, 6.45) is 0.916. The molecule has 0 fully saturated rings. The third kappa shape index (κ3) is 4.25. The van der Waals surface area contributed by atoms with Crippen LogP contribution in [0.25, 0.3) is 0 Å². The zero-order valence-corrected chi connectivity index (χ0v) is 13.8. The number of hydrogen-bond donors (Lipinski definition) is 2. The Hall–Kier alpha value is -1.52. The van der Waals surface area contributed by atoms with Crippen LogP contribution < -0.4 is 10.6 Å². The first-order chi connectivity index (χ1) is 9.05. The average molecular weight is 280 g/mol. The van der Waals surface area contributed by atoms with Crippen LogP contribution in [0.3, 0.4) is 0 Å². The maximum Gasteiger partial charge on any atom is 0.320 e. The predicted molar refractivity (Wildman–Crippen MR) is 83.2 cm³/mol. The van der Waals surface area contributed by atoms with Gasteiger partial charge in [0.1, 0.15) is 5.82 Å². The topological polar surface area (TPSA) is 59.0 Å². The molecule has 0 aliphatic carbocycles. The van der Waals surface area contributed by atoms with Gasteiger partial charge >= 0.3 is 6.03 Å². The van der Waals surface area contributed by atoms with E-state index in [4.69, 9.17) is 0 Å². The molecular weight excluding hydrogens is 252 g/mol. The molecule has 20 heavy (non-hydrogen) atoms. The second-order valence-electron chi connectivity index (χ2n) is 7.13. The molecule has 5 heteroatoms. The van der Waals surface area contributed by atoms with Crippen molar-refractivity contribution in [3.8, 4) is 0 Å². The third-order valence-electron chi connectivity index (χ3n) is 2.89. The number of amides is 2. The molecule has 1 aromatic heterocycles. The standard InChI is InChI=1S/C15H28N4O/c1-8-9-16-13(20)17-12-10-11(14(2,3)4)18-19(12)15(5,6)7/h10H,8-9H2,1-7H3,(H2,16,17,20). The van der Waals surface area contributed by atoms with Crippen molar-refractivity contribution in [2.45, 2.75) is 65.8 Å². The summed E-state index contributed by atoms with van der Waals surface area (Å²) < 4.78 is 1.87. The van der Waals surface area contributed by atoms with Crippen molar-refractivity contribution in [1.29, 1.82) is 0 Å². The highest BCUT2D eigenvalue weighted by atomic mass is 16.2. The Labute approximate surface area is 122 Å². The molecule has 0 spiro atoms. The van der Waals surface area contributed by atoms with E-state index in [-0.39, 0.29) is 17.0 Å². The van der Waals surface area contributed by atoms with Gasteiger partial charge in [-0.3, -0.25) is 5.32 Å². The number of anilines is 1. The Morgan fingerprint density at radius 2 is 1.85 bits per heavy atom. The Balaban J connectivity index is 3.04. The summed E-state index contributed by atoms with van der Waals surface area (Å²) in [5.41, 5.74) is 0.738. The van der Waals surface area contributed by atoms with Crippen LogP contribution in [0.15, 0.2) is 6.07 Å². The smallest absolute Gasteiger partial charge is 0.320 e. The molecular formula is C15H28N4O. The molecule has 0 saturated carbocycles. The number of nitrogens with one attached hydrogen (secondary N) is 2. The molecule has 114 valence electrons. The third-order valence-corrected chi connectivity index (χ3v) is 2.89. The van der Waals surface area contributed by atoms with E-state index in [1.807, 2.05) is 17.7 Å². The molecule has 0 radical (unpaired) electrons. The van der Waals surface area contributed by atoms with Gasteiger partial charge in [0.2, 0.25) is 0 Å². The fraction of sp³-hybridized carbons (Fsp3) is 0.733. The zero-order chi connectivity index (χ0) is 15.6. The van der Waals surface area contributed by atoms with Crippen LogP contribution in [0.1, 0.15) is 60.6 Å². The first-order valence-corrected chi connectivity index (χ1v) is 7.21. The molecule has 1 aromatic rings. The number of rotatable bonds is 3. The molecule has 0 aromatic carbocycles. The second kappa shape index (κ2) is 5.85. The quantitative estimate of drug-likeness (QED) is 0.890. The van der Waals surface area contributed by atoms with Crippen molar-refractivity contribution in [3.05, 3.63) is 11.8 Å². The van der Waals surface area contributed by atoms with Crippen molar-refractivity contribution >= 4 is 11.8 Å².